The van der Waals surface area contributed by atoms with Crippen LogP contribution in [0.1, 0.15) is 39.5 Å². The van der Waals surface area contributed by atoms with Gasteiger partial charge in [0.25, 0.3) is 0 Å². The molecule has 2 nitrogen and oxygen atoms in total. The van der Waals surface area contributed by atoms with Gasteiger partial charge in [-0.25, -0.2) is 0 Å². The van der Waals surface area contributed by atoms with E-state index in [4.69, 9.17) is 8.81 Å². The van der Waals surface area contributed by atoms with E-state index in [9.17, 15) is 0 Å². The molecule has 2 N–H and O–H groups in total. The SMILES string of the molecule is CCC([O][Sn][CH2]CCCC(C)N)SI.Cl. The average Bonchev–Trinajstić information content (AvgIpc) is 2.16. The fourth-order valence-electron chi connectivity index (χ4n) is 0.980. The molecule has 0 aromatic rings. The molecule has 0 heterocycles. The molecule has 0 aliphatic heterocycles. The van der Waals surface area contributed by atoms with Gasteiger partial charge in [0, 0.05) is 0 Å². The number of hydrogen-bond donors (Lipinski definition) is 1. The van der Waals surface area contributed by atoms with Crippen LogP contribution in [0.15, 0.2) is 0 Å². The van der Waals surface area contributed by atoms with Gasteiger partial charge in [-0.3, -0.25) is 0 Å². The van der Waals surface area contributed by atoms with Crippen molar-refractivity contribution in [3.63, 3.8) is 0 Å². The Morgan fingerprint density at radius 2 is 2.13 bits per heavy atom. The smallest absolute Gasteiger partial charge is 0.147 e. The van der Waals surface area contributed by atoms with Crippen LogP contribution in [0.5, 0.6) is 0 Å². The summed E-state index contributed by atoms with van der Waals surface area (Å²) in [5, 5.41) is 0. The van der Waals surface area contributed by atoms with Gasteiger partial charge in [-0.15, -0.1) is 12.4 Å². The second kappa shape index (κ2) is 14.2. The summed E-state index contributed by atoms with van der Waals surface area (Å²) in [4.78, 5) is 0. The maximum atomic E-state index is 5.84. The van der Waals surface area contributed by atoms with Crippen molar-refractivity contribution in [2.75, 3.05) is 0 Å². The standard InChI is InChI=1S/C6H14N.C3H6IOS.ClH.Sn/c1-3-4-5-6(2)7;1-2-3(5)6-4;;/h6H,1,3-5,7H2,2H3;3H,2H2,1H3;1H;/q;-1;;+1. The maximum absolute atomic E-state index is 5.84. The van der Waals surface area contributed by atoms with Crippen LogP contribution in [0.25, 0.3) is 0 Å². The number of rotatable bonds is 9. The summed E-state index contributed by atoms with van der Waals surface area (Å²) in [5.74, 6) is 0. The van der Waals surface area contributed by atoms with Gasteiger partial charge < -0.3 is 0 Å². The molecule has 0 aromatic carbocycles. The zero-order chi connectivity index (χ0) is 10.8. The first kappa shape index (κ1) is 19.4. The molecular formula is C9H21ClINOSSn. The molecule has 0 bridgehead atoms. The summed E-state index contributed by atoms with van der Waals surface area (Å²) in [6.45, 7) is 4.27. The zero-order valence-corrected chi connectivity index (χ0v) is 16.0. The Kier molecular flexibility index (Phi) is 18.3. The van der Waals surface area contributed by atoms with Crippen molar-refractivity contribution in [1.82, 2.24) is 0 Å². The molecule has 2 radical (unpaired) electrons. The Balaban J connectivity index is 0. The van der Waals surface area contributed by atoms with E-state index in [1.165, 1.54) is 17.3 Å². The third-order valence-electron chi connectivity index (χ3n) is 1.84. The minimum atomic E-state index is -0.531. The third kappa shape index (κ3) is 14.0. The van der Waals surface area contributed by atoms with Crippen LogP contribution in [-0.4, -0.2) is 33.0 Å². The molecule has 92 valence electrons. The molecule has 0 rings (SSSR count). The number of hydrogen-bond acceptors (Lipinski definition) is 3. The Morgan fingerprint density at radius 1 is 1.47 bits per heavy atom. The molecule has 0 aromatic heterocycles. The van der Waals surface area contributed by atoms with E-state index < -0.39 is 21.6 Å². The van der Waals surface area contributed by atoms with Crippen LogP contribution in [0.2, 0.25) is 4.44 Å². The van der Waals surface area contributed by atoms with Crippen molar-refractivity contribution in [2.24, 2.45) is 5.73 Å². The summed E-state index contributed by atoms with van der Waals surface area (Å²) in [7, 11) is 1.81. The molecule has 2 atom stereocenters. The van der Waals surface area contributed by atoms with Gasteiger partial charge in [-0.2, -0.15) is 0 Å². The minimum absolute atomic E-state index is 0. The summed E-state index contributed by atoms with van der Waals surface area (Å²) in [5.41, 5.74) is 6.13. The Morgan fingerprint density at radius 3 is 2.60 bits per heavy atom. The summed E-state index contributed by atoms with van der Waals surface area (Å²) in [6, 6.07) is 0.370. The molecule has 0 aliphatic carbocycles. The first-order chi connectivity index (χ1) is 6.70. The predicted molar refractivity (Wildman–Crippen MR) is 82.1 cm³/mol. The molecule has 0 saturated heterocycles. The van der Waals surface area contributed by atoms with Gasteiger partial charge in [0.15, 0.2) is 0 Å². The van der Waals surface area contributed by atoms with E-state index in [0.717, 1.165) is 12.8 Å². The number of unbranched alkanes of at least 4 members (excludes halogenated alkanes) is 1. The first-order valence-corrected chi connectivity index (χ1v) is 11.7. The Hall–Kier alpha value is 2.09. The van der Waals surface area contributed by atoms with Crippen molar-refractivity contribution in [3.05, 3.63) is 0 Å². The topological polar surface area (TPSA) is 35.2 Å². The van der Waals surface area contributed by atoms with Gasteiger partial charge in [0.05, 0.1) is 0 Å². The third-order valence-corrected chi connectivity index (χ3v) is 7.53. The van der Waals surface area contributed by atoms with Crippen molar-refractivity contribution in [1.29, 1.82) is 0 Å². The largest absolute Gasteiger partial charge is 0.147 e. The normalized spacial score (nSPS) is 14.4. The monoisotopic (exact) mass is 473 g/mol. The van der Waals surface area contributed by atoms with Crippen LogP contribution in [-0.2, 0) is 3.07 Å². The second-order valence-electron chi connectivity index (χ2n) is 3.41. The second-order valence-corrected chi connectivity index (χ2v) is 8.57. The molecule has 0 fully saturated rings. The van der Waals surface area contributed by atoms with Crippen molar-refractivity contribution in [3.8, 4) is 0 Å². The van der Waals surface area contributed by atoms with E-state index in [-0.39, 0.29) is 12.4 Å². The number of halogens is 2. The summed E-state index contributed by atoms with van der Waals surface area (Å²) >= 11 is 1.80. The molecule has 2 unspecified atom stereocenters. The molecule has 0 saturated carbocycles. The minimum Gasteiger partial charge on any atom is -0.147 e. The van der Waals surface area contributed by atoms with Crippen molar-refractivity contribution < 1.29 is 3.07 Å². The van der Waals surface area contributed by atoms with Crippen LogP contribution in [0.3, 0.4) is 0 Å². The molecule has 0 amide bonds. The molecule has 6 heteroatoms. The molecule has 0 spiro atoms. The Bertz CT molecular complexity index is 131. The zero-order valence-electron chi connectivity index (χ0n) is 9.37. The van der Waals surface area contributed by atoms with Crippen molar-refractivity contribution >= 4 is 64.1 Å². The van der Waals surface area contributed by atoms with Gasteiger partial charge in [-0.05, 0) is 0 Å². The maximum Gasteiger partial charge on any atom is -0.147 e. The van der Waals surface area contributed by atoms with E-state index in [0.29, 0.717) is 11.5 Å². The Labute approximate surface area is 127 Å². The predicted octanol–water partition coefficient (Wildman–Crippen LogP) is 3.80. The van der Waals surface area contributed by atoms with Gasteiger partial charge in [0.2, 0.25) is 0 Å². The fraction of sp³-hybridized carbons (Fsp3) is 1.00. The van der Waals surface area contributed by atoms with E-state index >= 15 is 0 Å². The van der Waals surface area contributed by atoms with Crippen molar-refractivity contribution in [2.45, 2.75) is 55.4 Å². The van der Waals surface area contributed by atoms with E-state index in [1.807, 2.05) is 8.93 Å². The van der Waals surface area contributed by atoms with E-state index in [1.54, 1.807) is 0 Å². The quantitative estimate of drug-likeness (QED) is 0.240. The molecule has 15 heavy (non-hydrogen) atoms. The summed E-state index contributed by atoms with van der Waals surface area (Å²) in [6.07, 6.45) is 4.89. The van der Waals surface area contributed by atoms with E-state index in [2.05, 4.69) is 35.1 Å². The van der Waals surface area contributed by atoms with Crippen LogP contribution in [0.4, 0.5) is 0 Å². The van der Waals surface area contributed by atoms with Crippen LogP contribution >= 0.6 is 42.5 Å². The van der Waals surface area contributed by atoms with Crippen LogP contribution in [0, 0.1) is 0 Å². The van der Waals surface area contributed by atoms with Gasteiger partial charge >= 0.3 is 116 Å². The molecule has 0 aliphatic rings. The van der Waals surface area contributed by atoms with Crippen LogP contribution < -0.4 is 5.73 Å². The first-order valence-electron chi connectivity index (χ1n) is 5.12. The summed E-state index contributed by atoms with van der Waals surface area (Å²) < 4.78 is 7.18. The fourth-order valence-corrected chi connectivity index (χ4v) is 7.55. The number of nitrogens with two attached hydrogens (primary N) is 1. The molecular weight excluding hydrogens is 451 g/mol. The van der Waals surface area contributed by atoms with Gasteiger partial charge in [0.1, 0.15) is 0 Å². The average molecular weight is 472 g/mol. The van der Waals surface area contributed by atoms with Gasteiger partial charge in [-0.1, -0.05) is 0 Å².